The molecule has 0 unspecified atom stereocenters. The largest absolute Gasteiger partial charge is 0.350 e. The summed E-state index contributed by atoms with van der Waals surface area (Å²) in [5.74, 6) is 0.0523. The van der Waals surface area contributed by atoms with Crippen molar-refractivity contribution >= 4 is 29.1 Å². The molecule has 1 aromatic carbocycles. The maximum atomic E-state index is 12.4. The second-order valence-electron chi connectivity index (χ2n) is 5.35. The molecule has 1 amide bonds. The van der Waals surface area contributed by atoms with Gasteiger partial charge in [0, 0.05) is 35.8 Å². The first-order chi connectivity index (χ1) is 12.1. The van der Waals surface area contributed by atoms with Crippen molar-refractivity contribution in [2.75, 3.05) is 10.6 Å². The molecule has 6 nitrogen and oxygen atoms in total. The molecule has 0 radical (unpaired) electrons. The fourth-order valence-corrected chi connectivity index (χ4v) is 2.36. The summed E-state index contributed by atoms with van der Waals surface area (Å²) in [5.41, 5.74) is 2.72. The highest BCUT2D eigenvalue weighted by Crippen LogP contribution is 2.23. The third-order valence-electron chi connectivity index (χ3n) is 3.58. The molecule has 25 heavy (non-hydrogen) atoms. The van der Waals surface area contributed by atoms with Crippen LogP contribution < -0.4 is 10.6 Å². The number of halogens is 1. The summed E-state index contributed by atoms with van der Waals surface area (Å²) in [6.07, 6.45) is 5.01. The van der Waals surface area contributed by atoms with E-state index in [1.54, 1.807) is 36.7 Å². The highest BCUT2D eigenvalue weighted by Gasteiger charge is 2.11. The van der Waals surface area contributed by atoms with Crippen LogP contribution in [0.15, 0.2) is 55.0 Å². The third-order valence-corrected chi connectivity index (χ3v) is 3.99. The number of carbonyl (C=O) groups excluding carboxylic acids is 1. The summed E-state index contributed by atoms with van der Waals surface area (Å²) < 4.78 is 0. The van der Waals surface area contributed by atoms with E-state index >= 15 is 0 Å². The van der Waals surface area contributed by atoms with Crippen LogP contribution in [0.3, 0.4) is 0 Å². The Kier molecular flexibility index (Phi) is 5.20. The van der Waals surface area contributed by atoms with Crippen LogP contribution in [-0.2, 0) is 6.54 Å². The Bertz CT molecular complexity index is 886. The number of anilines is 2. The van der Waals surface area contributed by atoms with Gasteiger partial charge in [0.15, 0.2) is 0 Å². The molecule has 2 aromatic heterocycles. The smallest absolute Gasteiger partial charge is 0.274 e. The number of pyridine rings is 1. The van der Waals surface area contributed by atoms with E-state index in [1.165, 1.54) is 6.20 Å². The van der Waals surface area contributed by atoms with E-state index in [4.69, 9.17) is 11.6 Å². The quantitative estimate of drug-likeness (QED) is 0.731. The van der Waals surface area contributed by atoms with Gasteiger partial charge in [-0.1, -0.05) is 23.7 Å². The molecule has 3 aromatic rings. The minimum absolute atomic E-state index is 0.267. The number of hydrogen-bond donors (Lipinski definition) is 2. The van der Waals surface area contributed by atoms with Crippen molar-refractivity contribution in [2.45, 2.75) is 13.5 Å². The van der Waals surface area contributed by atoms with E-state index in [0.717, 1.165) is 11.1 Å². The Labute approximate surface area is 150 Å². The minimum Gasteiger partial charge on any atom is -0.350 e. The van der Waals surface area contributed by atoms with Crippen molar-refractivity contribution in [3.05, 3.63) is 76.8 Å². The zero-order valence-electron chi connectivity index (χ0n) is 13.5. The normalized spacial score (nSPS) is 10.3. The van der Waals surface area contributed by atoms with Crippen molar-refractivity contribution in [2.24, 2.45) is 0 Å². The minimum atomic E-state index is -0.322. The fraction of sp³-hybridized carbons (Fsp3) is 0.111. The van der Waals surface area contributed by atoms with Gasteiger partial charge in [-0.2, -0.15) is 0 Å². The van der Waals surface area contributed by atoms with Gasteiger partial charge in [-0.3, -0.25) is 9.78 Å². The van der Waals surface area contributed by atoms with Crippen molar-refractivity contribution in [3.63, 3.8) is 0 Å². The van der Waals surface area contributed by atoms with Crippen LogP contribution >= 0.6 is 11.6 Å². The highest BCUT2D eigenvalue weighted by atomic mass is 35.5. The van der Waals surface area contributed by atoms with E-state index in [-0.39, 0.29) is 11.6 Å². The van der Waals surface area contributed by atoms with Gasteiger partial charge in [-0.15, -0.1) is 0 Å². The molecule has 0 atom stereocenters. The molecule has 0 aliphatic carbocycles. The first-order valence-corrected chi connectivity index (χ1v) is 8.03. The monoisotopic (exact) mass is 353 g/mol. The number of rotatable bonds is 5. The maximum Gasteiger partial charge on any atom is 0.274 e. The summed E-state index contributed by atoms with van der Waals surface area (Å²) >= 11 is 6.08. The van der Waals surface area contributed by atoms with Crippen LogP contribution in [-0.4, -0.2) is 20.9 Å². The number of benzene rings is 1. The zero-order valence-corrected chi connectivity index (χ0v) is 14.3. The predicted molar refractivity (Wildman–Crippen MR) is 97.7 cm³/mol. The lowest BCUT2D eigenvalue weighted by Crippen LogP contribution is -2.16. The molecule has 2 N–H and O–H groups in total. The van der Waals surface area contributed by atoms with Gasteiger partial charge < -0.3 is 10.6 Å². The van der Waals surface area contributed by atoms with E-state index in [2.05, 4.69) is 25.6 Å². The topological polar surface area (TPSA) is 79.8 Å². The summed E-state index contributed by atoms with van der Waals surface area (Å²) in [6, 6.07) is 10.7. The summed E-state index contributed by atoms with van der Waals surface area (Å²) in [7, 11) is 0. The van der Waals surface area contributed by atoms with E-state index < -0.39 is 0 Å². The average molecular weight is 354 g/mol. The van der Waals surface area contributed by atoms with E-state index in [9.17, 15) is 4.79 Å². The number of carbonyl (C=O) groups is 1. The fourth-order valence-electron chi connectivity index (χ4n) is 2.18. The van der Waals surface area contributed by atoms with Crippen molar-refractivity contribution in [1.82, 2.24) is 15.0 Å². The van der Waals surface area contributed by atoms with E-state index in [0.29, 0.717) is 23.2 Å². The van der Waals surface area contributed by atoms with Gasteiger partial charge in [-0.05, 0) is 42.3 Å². The Morgan fingerprint density at radius 3 is 2.84 bits per heavy atom. The lowest BCUT2D eigenvalue weighted by Gasteiger charge is -2.10. The molecule has 0 aliphatic heterocycles. The van der Waals surface area contributed by atoms with E-state index in [1.807, 2.05) is 19.1 Å². The first kappa shape index (κ1) is 16.9. The Morgan fingerprint density at radius 1 is 1.16 bits per heavy atom. The van der Waals surface area contributed by atoms with Crippen molar-refractivity contribution in [1.29, 1.82) is 0 Å². The Hall–Kier alpha value is -2.99. The average Bonchev–Trinajstić information content (AvgIpc) is 2.65. The summed E-state index contributed by atoms with van der Waals surface area (Å²) in [5, 5.41) is 6.49. The molecular weight excluding hydrogens is 338 g/mol. The highest BCUT2D eigenvalue weighted by molar-refractivity contribution is 6.31. The number of amides is 1. The molecule has 0 aliphatic rings. The molecule has 3 rings (SSSR count). The molecule has 0 saturated heterocycles. The van der Waals surface area contributed by atoms with Gasteiger partial charge in [0.1, 0.15) is 5.69 Å². The van der Waals surface area contributed by atoms with Crippen LogP contribution in [0.1, 0.15) is 21.6 Å². The number of hydrogen-bond acceptors (Lipinski definition) is 5. The second-order valence-corrected chi connectivity index (χ2v) is 5.75. The van der Waals surface area contributed by atoms with Crippen LogP contribution in [0, 0.1) is 6.92 Å². The molecule has 126 valence electrons. The molecule has 0 saturated carbocycles. The number of nitrogens with one attached hydrogen (secondary N) is 2. The van der Waals surface area contributed by atoms with Crippen LogP contribution in [0.4, 0.5) is 11.6 Å². The van der Waals surface area contributed by atoms with Gasteiger partial charge in [0.25, 0.3) is 5.91 Å². The summed E-state index contributed by atoms with van der Waals surface area (Å²) in [4.78, 5) is 24.9. The number of nitrogens with zero attached hydrogens (tertiary/aromatic N) is 3. The lowest BCUT2D eigenvalue weighted by atomic mass is 10.2. The van der Waals surface area contributed by atoms with Crippen LogP contribution in [0.2, 0.25) is 5.02 Å². The predicted octanol–water partition coefficient (Wildman–Crippen LogP) is 3.70. The zero-order chi connectivity index (χ0) is 17.6. The lowest BCUT2D eigenvalue weighted by molar-refractivity contribution is 0.102. The van der Waals surface area contributed by atoms with Crippen molar-refractivity contribution < 1.29 is 4.79 Å². The first-order valence-electron chi connectivity index (χ1n) is 7.66. The molecule has 0 spiro atoms. The van der Waals surface area contributed by atoms with Gasteiger partial charge >= 0.3 is 0 Å². The Balaban J connectivity index is 1.70. The molecule has 0 bridgehead atoms. The SMILES string of the molecule is Cc1c(Cl)cccc1NC(=O)c1ccnc(NCc2cccnc2)n1. The van der Waals surface area contributed by atoms with Gasteiger partial charge in [-0.25, -0.2) is 9.97 Å². The molecular formula is C18H16ClN5O. The van der Waals surface area contributed by atoms with Gasteiger partial charge in [0.05, 0.1) is 0 Å². The third kappa shape index (κ3) is 4.30. The van der Waals surface area contributed by atoms with Crippen molar-refractivity contribution in [3.8, 4) is 0 Å². The molecule has 2 heterocycles. The molecule has 0 fully saturated rings. The van der Waals surface area contributed by atoms with Crippen LogP contribution in [0.5, 0.6) is 0 Å². The Morgan fingerprint density at radius 2 is 2.04 bits per heavy atom. The molecule has 7 heteroatoms. The maximum absolute atomic E-state index is 12.4. The number of aromatic nitrogens is 3. The van der Waals surface area contributed by atoms with Crippen LogP contribution in [0.25, 0.3) is 0 Å². The second kappa shape index (κ2) is 7.72. The summed E-state index contributed by atoms with van der Waals surface area (Å²) in [6.45, 7) is 2.37. The standard InChI is InChI=1S/C18H16ClN5O/c1-12-14(19)5-2-6-15(12)23-17(25)16-7-9-21-18(24-16)22-11-13-4-3-8-20-10-13/h2-10H,11H2,1H3,(H,23,25)(H,21,22,24). The van der Waals surface area contributed by atoms with Gasteiger partial charge in [0.2, 0.25) is 5.95 Å².